The SMILES string of the molecule is Cc1cnc(C(c2ccn3c(C(F)F)nnc3c2C)C(C)(C)C(=O)OC(C)(C)C)cc1CN1CC2(CCOCC2)Oc2nc(OCCN3CCCC3)c(C)cc2S1(=O)=O. The van der Waals surface area contributed by atoms with E-state index in [0.29, 0.717) is 66.5 Å². The van der Waals surface area contributed by atoms with E-state index in [1.54, 1.807) is 66.8 Å². The molecule has 0 N–H and O–H groups in total. The zero-order chi connectivity index (χ0) is 42.5. The van der Waals surface area contributed by atoms with Crippen molar-refractivity contribution in [2.24, 2.45) is 5.41 Å². The van der Waals surface area contributed by atoms with Crippen LogP contribution in [0.5, 0.6) is 11.8 Å². The first-order valence-corrected chi connectivity index (χ1v) is 21.7. The first-order chi connectivity index (χ1) is 27.8. The smallest absolute Gasteiger partial charge is 0.313 e. The molecular formula is C42H55F2N7O7S. The van der Waals surface area contributed by atoms with Crippen LogP contribution in [0.2, 0.25) is 0 Å². The fourth-order valence-electron chi connectivity index (χ4n) is 8.29. The highest BCUT2D eigenvalue weighted by Crippen LogP contribution is 2.45. The maximum Gasteiger partial charge on any atom is 0.313 e. The molecule has 1 atom stereocenters. The Morgan fingerprint density at radius 2 is 1.73 bits per heavy atom. The van der Waals surface area contributed by atoms with Gasteiger partial charge in [-0.3, -0.25) is 19.1 Å². The molecule has 1 spiro atoms. The Morgan fingerprint density at radius 3 is 2.41 bits per heavy atom. The van der Waals surface area contributed by atoms with Crippen molar-refractivity contribution in [3.05, 3.63) is 69.9 Å². The quantitative estimate of drug-likeness (QED) is 0.152. The number of carbonyl (C=O) groups excluding carboxylic acids is 1. The lowest BCUT2D eigenvalue weighted by molar-refractivity contribution is -0.166. The number of carbonyl (C=O) groups is 1. The highest BCUT2D eigenvalue weighted by molar-refractivity contribution is 7.89. The second-order valence-electron chi connectivity index (χ2n) is 17.6. The minimum atomic E-state index is -4.20. The molecule has 7 rings (SSSR count). The van der Waals surface area contributed by atoms with E-state index < -0.39 is 50.8 Å². The van der Waals surface area contributed by atoms with Crippen molar-refractivity contribution >= 4 is 21.6 Å². The Balaban J connectivity index is 1.29. The number of sulfonamides is 1. The summed E-state index contributed by atoms with van der Waals surface area (Å²) >= 11 is 0. The van der Waals surface area contributed by atoms with Crippen LogP contribution in [0.1, 0.15) is 112 Å². The fraction of sp³-hybridized carbons (Fsp3) is 0.595. The van der Waals surface area contributed by atoms with Crippen molar-refractivity contribution in [1.82, 2.24) is 33.8 Å². The molecule has 59 heavy (non-hydrogen) atoms. The van der Waals surface area contributed by atoms with E-state index in [1.165, 1.54) is 27.7 Å². The Bertz CT molecular complexity index is 2320. The lowest BCUT2D eigenvalue weighted by Gasteiger charge is -2.38. The van der Waals surface area contributed by atoms with Crippen LogP contribution in [-0.4, -0.2) is 105 Å². The molecular weight excluding hydrogens is 785 g/mol. The largest absolute Gasteiger partial charge is 0.476 e. The van der Waals surface area contributed by atoms with E-state index in [2.05, 4.69) is 15.1 Å². The number of esters is 1. The Morgan fingerprint density at radius 1 is 1.02 bits per heavy atom. The van der Waals surface area contributed by atoms with Gasteiger partial charge in [-0.2, -0.15) is 9.29 Å². The summed E-state index contributed by atoms with van der Waals surface area (Å²) in [7, 11) is -4.20. The molecule has 1 unspecified atom stereocenters. The van der Waals surface area contributed by atoms with E-state index in [1.807, 2.05) is 13.0 Å². The van der Waals surface area contributed by atoms with E-state index in [0.717, 1.165) is 25.2 Å². The zero-order valence-corrected chi connectivity index (χ0v) is 36.0. The number of nitrogens with zero attached hydrogens (tertiary/aromatic N) is 7. The lowest BCUT2D eigenvalue weighted by atomic mass is 9.71. The van der Waals surface area contributed by atoms with Crippen molar-refractivity contribution in [1.29, 1.82) is 0 Å². The van der Waals surface area contributed by atoms with Gasteiger partial charge in [-0.1, -0.05) is 0 Å². The summed E-state index contributed by atoms with van der Waals surface area (Å²) in [5.41, 5.74) is 0.792. The van der Waals surface area contributed by atoms with Gasteiger partial charge in [0.2, 0.25) is 27.6 Å². The Hall–Kier alpha value is -4.32. The van der Waals surface area contributed by atoms with E-state index >= 15 is 0 Å². The van der Waals surface area contributed by atoms with Crippen LogP contribution in [0.25, 0.3) is 5.65 Å². The van der Waals surface area contributed by atoms with E-state index in [4.69, 9.17) is 28.9 Å². The normalized spacial score (nSPS) is 19.1. The number of pyridine rings is 3. The number of fused-ring (bicyclic) bond motifs is 2. The molecule has 7 heterocycles. The number of hydrogen-bond acceptors (Lipinski definition) is 12. The molecule has 0 amide bonds. The van der Waals surface area contributed by atoms with Gasteiger partial charge in [0, 0.05) is 55.5 Å². The van der Waals surface area contributed by atoms with Crippen LogP contribution in [0.15, 0.2) is 35.5 Å². The molecule has 0 radical (unpaired) electrons. The van der Waals surface area contributed by atoms with Crippen molar-refractivity contribution in [2.45, 2.75) is 116 Å². The minimum absolute atomic E-state index is 0.0110. The number of hydrogen-bond donors (Lipinski definition) is 0. The summed E-state index contributed by atoms with van der Waals surface area (Å²) in [6.45, 7) is 18.3. The monoisotopic (exact) mass is 839 g/mol. The van der Waals surface area contributed by atoms with E-state index in [9.17, 15) is 22.0 Å². The van der Waals surface area contributed by atoms with Crippen LogP contribution in [-0.2, 0) is 30.8 Å². The first-order valence-electron chi connectivity index (χ1n) is 20.2. The molecule has 17 heteroatoms. The number of rotatable bonds is 11. The van der Waals surface area contributed by atoms with Gasteiger partial charge in [-0.25, -0.2) is 17.2 Å². The van der Waals surface area contributed by atoms with Crippen molar-refractivity contribution in [3.8, 4) is 11.8 Å². The molecule has 3 aliphatic rings. The van der Waals surface area contributed by atoms with E-state index in [-0.39, 0.29) is 29.5 Å². The third-order valence-electron chi connectivity index (χ3n) is 11.7. The molecule has 4 aromatic heterocycles. The molecule has 4 aromatic rings. The highest BCUT2D eigenvalue weighted by Gasteiger charge is 2.47. The van der Waals surface area contributed by atoms with Crippen LogP contribution in [0.3, 0.4) is 0 Å². The van der Waals surface area contributed by atoms with Gasteiger partial charge in [0.05, 0.1) is 25.2 Å². The molecule has 0 bridgehead atoms. The topological polar surface area (TPSA) is 151 Å². The average Bonchev–Trinajstić information content (AvgIpc) is 3.84. The van der Waals surface area contributed by atoms with Crippen molar-refractivity contribution < 1.29 is 40.9 Å². The predicted octanol–water partition coefficient (Wildman–Crippen LogP) is 6.49. The van der Waals surface area contributed by atoms with Gasteiger partial charge in [0.25, 0.3) is 6.43 Å². The summed E-state index contributed by atoms with van der Waals surface area (Å²) in [6, 6.07) is 5.09. The number of likely N-dealkylation sites (tertiary alicyclic amines) is 1. The highest BCUT2D eigenvalue weighted by atomic mass is 32.2. The molecule has 3 aliphatic heterocycles. The molecule has 14 nitrogen and oxygen atoms in total. The Kier molecular flexibility index (Phi) is 11.8. The molecule has 320 valence electrons. The minimum Gasteiger partial charge on any atom is -0.476 e. The van der Waals surface area contributed by atoms with Crippen LogP contribution in [0, 0.1) is 26.2 Å². The van der Waals surface area contributed by atoms with Crippen LogP contribution in [0.4, 0.5) is 8.78 Å². The van der Waals surface area contributed by atoms with Gasteiger partial charge >= 0.3 is 5.97 Å². The van der Waals surface area contributed by atoms with Gasteiger partial charge in [0.15, 0.2) is 5.65 Å². The summed E-state index contributed by atoms with van der Waals surface area (Å²) in [5, 5.41) is 7.82. The standard InChI is InChI=1S/C42H55F2N7O7S/c1-26-21-32-38(46-37(26)56-20-17-49-14-9-10-15-49)57-42(12-18-55-19-13-42)25-50(59(32,53)54)24-29-22-31(45-23-27(29)2)33(41(7,8)39(52)58-40(4,5)6)30-11-16-51-35(28(30)3)47-48-36(51)34(43)44/h11,16,21-23,33-34H,9-10,12-15,17-20,24-25H2,1-8H3. The van der Waals surface area contributed by atoms with Gasteiger partial charge < -0.3 is 18.9 Å². The summed E-state index contributed by atoms with van der Waals surface area (Å²) in [4.78, 5) is 25.9. The van der Waals surface area contributed by atoms with Gasteiger partial charge in [-0.15, -0.1) is 10.2 Å². The third kappa shape index (κ3) is 8.66. The lowest BCUT2D eigenvalue weighted by Crippen LogP contribution is -2.50. The summed E-state index contributed by atoms with van der Waals surface area (Å²) < 4.78 is 84.5. The van der Waals surface area contributed by atoms with Crippen LogP contribution < -0.4 is 9.47 Å². The second kappa shape index (κ2) is 16.3. The van der Waals surface area contributed by atoms with Crippen LogP contribution >= 0.6 is 0 Å². The molecule has 2 fully saturated rings. The Labute approximate surface area is 344 Å². The van der Waals surface area contributed by atoms with Gasteiger partial charge in [-0.05, 0) is 122 Å². The number of ether oxygens (including phenoxy) is 4. The zero-order valence-electron chi connectivity index (χ0n) is 35.2. The first kappa shape index (κ1) is 42.8. The molecule has 0 aromatic carbocycles. The molecule has 2 saturated heterocycles. The summed E-state index contributed by atoms with van der Waals surface area (Å²) in [5.74, 6) is -1.42. The molecule has 0 saturated carbocycles. The summed E-state index contributed by atoms with van der Waals surface area (Å²) in [6.07, 6.45) is 3.52. The maximum atomic E-state index is 14.8. The fourth-order valence-corrected chi connectivity index (χ4v) is 9.91. The number of alkyl halides is 2. The van der Waals surface area contributed by atoms with Crippen molar-refractivity contribution in [2.75, 3.05) is 46.0 Å². The number of aromatic nitrogens is 5. The average molecular weight is 840 g/mol. The van der Waals surface area contributed by atoms with Gasteiger partial charge in [0.1, 0.15) is 22.7 Å². The third-order valence-corrected chi connectivity index (χ3v) is 13.5. The predicted molar refractivity (Wildman–Crippen MR) is 214 cm³/mol. The molecule has 0 aliphatic carbocycles. The van der Waals surface area contributed by atoms with Crippen molar-refractivity contribution in [3.63, 3.8) is 0 Å². The second-order valence-corrected chi connectivity index (χ2v) is 19.5. The maximum absolute atomic E-state index is 14.8. The number of halogens is 2. The number of aryl methyl sites for hydroxylation is 3.